The zero-order valence-electron chi connectivity index (χ0n) is 13.9. The van der Waals surface area contributed by atoms with Crippen LogP contribution in [0.2, 0.25) is 0 Å². The van der Waals surface area contributed by atoms with Gasteiger partial charge >= 0.3 is 0 Å². The Morgan fingerprint density at radius 2 is 1.75 bits per heavy atom. The molecule has 20 heavy (non-hydrogen) atoms. The molecule has 1 aliphatic rings. The molecule has 2 unspecified atom stereocenters. The van der Waals surface area contributed by atoms with Crippen LogP contribution in [0.25, 0.3) is 0 Å². The van der Waals surface area contributed by atoms with E-state index in [1.165, 1.54) is 32.5 Å². The molecule has 1 aliphatic heterocycles. The Bertz CT molecular complexity index is 276. The number of aliphatic imine (C=N–C) groups is 1. The number of nitrogens with zero attached hydrogens (tertiary/aromatic N) is 3. The molecule has 4 nitrogen and oxygen atoms in total. The van der Waals surface area contributed by atoms with Gasteiger partial charge in [-0.2, -0.15) is 0 Å². The highest BCUT2D eigenvalue weighted by Crippen LogP contribution is 2.20. The van der Waals surface area contributed by atoms with Crippen LogP contribution in [0.15, 0.2) is 4.99 Å². The summed E-state index contributed by atoms with van der Waals surface area (Å²) < 4.78 is 0. The molecule has 0 radical (unpaired) electrons. The van der Waals surface area contributed by atoms with E-state index in [-0.39, 0.29) is 0 Å². The van der Waals surface area contributed by atoms with Crippen LogP contribution < -0.4 is 5.73 Å². The number of piperidine rings is 1. The molecule has 0 spiro atoms. The van der Waals surface area contributed by atoms with E-state index in [2.05, 4.69) is 42.5 Å². The minimum atomic E-state index is 0.704. The summed E-state index contributed by atoms with van der Waals surface area (Å²) in [5.41, 5.74) is 5.97. The molecule has 1 fully saturated rings. The fraction of sp³-hybridized carbons (Fsp3) is 0.938. The molecule has 1 rings (SSSR count). The van der Waals surface area contributed by atoms with Gasteiger partial charge in [0.2, 0.25) is 0 Å². The molecule has 0 amide bonds. The molecule has 1 heterocycles. The molecular formula is C16H34N4. The minimum absolute atomic E-state index is 0.704. The fourth-order valence-electron chi connectivity index (χ4n) is 3.26. The molecule has 2 N–H and O–H groups in total. The summed E-state index contributed by atoms with van der Waals surface area (Å²) in [6, 6.07) is 0. The van der Waals surface area contributed by atoms with Crippen LogP contribution in [0.3, 0.4) is 0 Å². The van der Waals surface area contributed by atoms with Crippen LogP contribution in [0, 0.1) is 11.8 Å². The first-order valence-corrected chi connectivity index (χ1v) is 8.34. The standard InChI is InChI=1S/C16H34N4/c1-5-20(6-2)16(17)18-9-7-8-10-19-12-14(3)11-15(4)13-19/h14-15H,5-13H2,1-4H3,(H2,17,18). The molecule has 1 saturated heterocycles. The van der Waals surface area contributed by atoms with Crippen molar-refractivity contribution in [3.05, 3.63) is 0 Å². The fourth-order valence-corrected chi connectivity index (χ4v) is 3.26. The molecule has 0 saturated carbocycles. The first-order valence-electron chi connectivity index (χ1n) is 8.34. The third-order valence-electron chi connectivity index (χ3n) is 4.19. The van der Waals surface area contributed by atoms with Gasteiger partial charge in [-0.25, -0.2) is 0 Å². The van der Waals surface area contributed by atoms with Gasteiger partial charge in [0.1, 0.15) is 0 Å². The Labute approximate surface area is 125 Å². The predicted octanol–water partition coefficient (Wildman–Crippen LogP) is 2.40. The first kappa shape index (κ1) is 17.3. The van der Waals surface area contributed by atoms with E-state index < -0.39 is 0 Å². The third-order valence-corrected chi connectivity index (χ3v) is 4.19. The molecule has 0 aromatic heterocycles. The van der Waals surface area contributed by atoms with Crippen LogP contribution in [-0.4, -0.2) is 55.0 Å². The molecule has 0 aromatic rings. The second kappa shape index (κ2) is 9.22. The molecule has 2 atom stereocenters. The van der Waals surface area contributed by atoms with Crippen LogP contribution in [0.1, 0.15) is 47.0 Å². The average Bonchev–Trinajstić information content (AvgIpc) is 2.38. The molecule has 0 aliphatic carbocycles. The van der Waals surface area contributed by atoms with Crippen LogP contribution in [0.5, 0.6) is 0 Å². The molecule has 0 aromatic carbocycles. The van der Waals surface area contributed by atoms with Gasteiger partial charge in [-0.05, 0) is 51.5 Å². The van der Waals surface area contributed by atoms with Gasteiger partial charge < -0.3 is 15.5 Å². The predicted molar refractivity (Wildman–Crippen MR) is 88.0 cm³/mol. The van der Waals surface area contributed by atoms with Gasteiger partial charge in [0.05, 0.1) is 0 Å². The monoisotopic (exact) mass is 282 g/mol. The lowest BCUT2D eigenvalue weighted by Crippen LogP contribution is -2.39. The lowest BCUT2D eigenvalue weighted by atomic mass is 9.92. The summed E-state index contributed by atoms with van der Waals surface area (Å²) >= 11 is 0. The van der Waals surface area contributed by atoms with Crippen molar-refractivity contribution in [1.29, 1.82) is 0 Å². The number of likely N-dealkylation sites (tertiary alicyclic amines) is 1. The third kappa shape index (κ3) is 6.12. The second-order valence-electron chi connectivity index (χ2n) is 6.32. The average molecular weight is 282 g/mol. The normalized spacial score (nSPS) is 24.9. The molecule has 4 heteroatoms. The molecule has 118 valence electrons. The number of rotatable bonds is 7. The van der Waals surface area contributed by atoms with E-state index >= 15 is 0 Å². The van der Waals surface area contributed by atoms with Gasteiger partial charge in [-0.1, -0.05) is 13.8 Å². The number of hydrogen-bond acceptors (Lipinski definition) is 2. The van der Waals surface area contributed by atoms with Gasteiger partial charge in [-0.15, -0.1) is 0 Å². The Morgan fingerprint density at radius 3 is 2.30 bits per heavy atom. The summed E-state index contributed by atoms with van der Waals surface area (Å²) in [5.74, 6) is 2.42. The van der Waals surface area contributed by atoms with Crippen molar-refractivity contribution in [2.75, 3.05) is 39.3 Å². The first-order chi connectivity index (χ1) is 9.56. The van der Waals surface area contributed by atoms with Crippen molar-refractivity contribution in [2.24, 2.45) is 22.6 Å². The highest BCUT2D eigenvalue weighted by molar-refractivity contribution is 5.77. The smallest absolute Gasteiger partial charge is 0.191 e. The SMILES string of the molecule is CCN(CC)C(N)=NCCCCN1CC(C)CC(C)C1. The summed E-state index contributed by atoms with van der Waals surface area (Å²) in [6.45, 7) is 15.5. The Morgan fingerprint density at radius 1 is 1.15 bits per heavy atom. The lowest BCUT2D eigenvalue weighted by molar-refractivity contribution is 0.139. The van der Waals surface area contributed by atoms with Gasteiger partial charge in [0.15, 0.2) is 5.96 Å². The Kier molecular flexibility index (Phi) is 7.97. The topological polar surface area (TPSA) is 44.9 Å². The van der Waals surface area contributed by atoms with Crippen molar-refractivity contribution >= 4 is 5.96 Å². The largest absolute Gasteiger partial charge is 0.370 e. The number of guanidine groups is 1. The van der Waals surface area contributed by atoms with Crippen molar-refractivity contribution in [1.82, 2.24) is 9.80 Å². The maximum atomic E-state index is 5.97. The van der Waals surface area contributed by atoms with Crippen LogP contribution >= 0.6 is 0 Å². The zero-order chi connectivity index (χ0) is 15.0. The highest BCUT2D eigenvalue weighted by atomic mass is 15.2. The van der Waals surface area contributed by atoms with E-state index in [0.29, 0.717) is 5.96 Å². The van der Waals surface area contributed by atoms with Gasteiger partial charge in [-0.3, -0.25) is 4.99 Å². The van der Waals surface area contributed by atoms with Crippen molar-refractivity contribution in [3.8, 4) is 0 Å². The summed E-state index contributed by atoms with van der Waals surface area (Å²) in [6.07, 6.45) is 3.76. The van der Waals surface area contributed by atoms with Crippen LogP contribution in [0.4, 0.5) is 0 Å². The summed E-state index contributed by atoms with van der Waals surface area (Å²) in [7, 11) is 0. The zero-order valence-corrected chi connectivity index (χ0v) is 13.9. The quantitative estimate of drug-likeness (QED) is 0.443. The van der Waals surface area contributed by atoms with Gasteiger partial charge in [0, 0.05) is 32.7 Å². The van der Waals surface area contributed by atoms with E-state index in [1.807, 2.05) is 0 Å². The van der Waals surface area contributed by atoms with Gasteiger partial charge in [0.25, 0.3) is 0 Å². The number of unbranched alkanes of at least 4 members (excludes halogenated alkanes) is 1. The Balaban J connectivity index is 2.17. The van der Waals surface area contributed by atoms with Crippen molar-refractivity contribution < 1.29 is 0 Å². The minimum Gasteiger partial charge on any atom is -0.370 e. The summed E-state index contributed by atoms with van der Waals surface area (Å²) in [5, 5.41) is 0. The lowest BCUT2D eigenvalue weighted by Gasteiger charge is -2.34. The van der Waals surface area contributed by atoms with Crippen molar-refractivity contribution in [3.63, 3.8) is 0 Å². The maximum absolute atomic E-state index is 5.97. The Hall–Kier alpha value is -0.770. The highest BCUT2D eigenvalue weighted by Gasteiger charge is 2.20. The van der Waals surface area contributed by atoms with E-state index in [1.54, 1.807) is 0 Å². The second-order valence-corrected chi connectivity index (χ2v) is 6.32. The molecular weight excluding hydrogens is 248 g/mol. The van der Waals surface area contributed by atoms with E-state index in [0.717, 1.165) is 37.9 Å². The van der Waals surface area contributed by atoms with Crippen LogP contribution in [-0.2, 0) is 0 Å². The molecule has 0 bridgehead atoms. The number of hydrogen-bond donors (Lipinski definition) is 1. The van der Waals surface area contributed by atoms with E-state index in [4.69, 9.17) is 5.73 Å². The summed E-state index contributed by atoms with van der Waals surface area (Å²) in [4.78, 5) is 9.21. The number of nitrogens with two attached hydrogens (primary N) is 1. The van der Waals surface area contributed by atoms with E-state index in [9.17, 15) is 0 Å². The maximum Gasteiger partial charge on any atom is 0.191 e. The van der Waals surface area contributed by atoms with Crippen molar-refractivity contribution in [2.45, 2.75) is 47.0 Å².